The first-order chi connectivity index (χ1) is 5.22. The third-order valence-electron chi connectivity index (χ3n) is 0.852. The molecule has 1 aromatic carbocycles. The molecule has 0 saturated heterocycles. The third-order valence-corrected chi connectivity index (χ3v) is 1.17. The fourth-order valence-corrected chi connectivity index (χ4v) is 0.587. The van der Waals surface area contributed by atoms with Crippen LogP contribution in [0.5, 0.6) is 5.75 Å². The van der Waals surface area contributed by atoms with E-state index in [0.29, 0.717) is 5.02 Å². The predicted octanol–water partition coefficient (Wildman–Crippen LogP) is 0.283. The van der Waals surface area contributed by atoms with Crippen LogP contribution in [-0.2, 0) is 0 Å². The molecule has 1 aromatic rings. The van der Waals surface area contributed by atoms with Crippen LogP contribution in [0.3, 0.4) is 0 Å². The van der Waals surface area contributed by atoms with Crippen LogP contribution in [0, 0.1) is 0 Å². The number of phenols is 1. The molecule has 0 atom stereocenters. The van der Waals surface area contributed by atoms with Crippen molar-refractivity contribution in [2.75, 3.05) is 0 Å². The molecule has 0 amide bonds. The molecule has 1 rings (SSSR count). The van der Waals surface area contributed by atoms with Crippen molar-refractivity contribution >= 4 is 19.3 Å². The van der Waals surface area contributed by atoms with Gasteiger partial charge in [0, 0.05) is 0 Å². The topological polar surface area (TPSA) is 60.7 Å². The summed E-state index contributed by atoms with van der Waals surface area (Å²) in [5.41, 5.74) is 0. The Labute approximate surface area is 70.2 Å². The number of phenolic OH excluding ortho intramolecular Hbond substituents is 1. The number of aromatic hydroxyl groups is 1. The van der Waals surface area contributed by atoms with Crippen LogP contribution < -0.4 is 0 Å². The first-order valence-corrected chi connectivity index (χ1v) is 3.25. The third kappa shape index (κ3) is 4.67. The number of para-hydroxylation sites is 1. The van der Waals surface area contributed by atoms with Crippen LogP contribution in [0.2, 0.25) is 5.02 Å². The lowest BCUT2D eigenvalue weighted by molar-refractivity contribution is 0.448. The van der Waals surface area contributed by atoms with Crippen LogP contribution in [0.25, 0.3) is 0 Å². The summed E-state index contributed by atoms with van der Waals surface area (Å²) in [5, 5.41) is 23.4. The van der Waals surface area contributed by atoms with Gasteiger partial charge in [0.15, 0.2) is 0 Å². The van der Waals surface area contributed by atoms with Crippen molar-refractivity contribution in [3.8, 4) is 5.75 Å². The molecule has 3 nitrogen and oxygen atoms in total. The van der Waals surface area contributed by atoms with E-state index in [9.17, 15) is 0 Å². The lowest BCUT2D eigenvalue weighted by Gasteiger charge is -1.89. The predicted molar refractivity (Wildman–Crippen MR) is 44.7 cm³/mol. The highest BCUT2D eigenvalue weighted by Gasteiger charge is 1.89. The van der Waals surface area contributed by atoms with Crippen molar-refractivity contribution in [3.63, 3.8) is 0 Å². The lowest BCUT2D eigenvalue weighted by atomic mass is 10.3. The second-order valence-electron chi connectivity index (χ2n) is 1.59. The maximum Gasteiger partial charge on any atom is 0.432 e. The first-order valence-electron chi connectivity index (χ1n) is 2.87. The van der Waals surface area contributed by atoms with E-state index in [1.54, 1.807) is 24.3 Å². The Morgan fingerprint density at radius 2 is 1.64 bits per heavy atom. The highest BCUT2D eigenvalue weighted by atomic mass is 35.5. The highest BCUT2D eigenvalue weighted by molar-refractivity contribution is 6.31. The molecule has 0 heterocycles. The molecule has 0 bridgehead atoms. The molecular formula is C6H8BClO3. The molecule has 0 spiro atoms. The minimum absolute atomic E-state index is 0.133. The Morgan fingerprint density at radius 3 is 1.91 bits per heavy atom. The molecule has 0 aliphatic rings. The van der Waals surface area contributed by atoms with Gasteiger partial charge in [-0.25, -0.2) is 0 Å². The Bertz CT molecular complexity index is 186. The molecule has 0 aromatic heterocycles. The van der Waals surface area contributed by atoms with Crippen molar-refractivity contribution in [1.29, 1.82) is 0 Å². The zero-order chi connectivity index (χ0) is 8.69. The van der Waals surface area contributed by atoms with Crippen LogP contribution in [0.1, 0.15) is 0 Å². The van der Waals surface area contributed by atoms with E-state index in [-0.39, 0.29) is 5.75 Å². The zero-order valence-electron chi connectivity index (χ0n) is 5.74. The fraction of sp³-hybridized carbons (Fsp3) is 0. The average Bonchev–Trinajstić information content (AvgIpc) is 1.97. The molecule has 60 valence electrons. The summed E-state index contributed by atoms with van der Waals surface area (Å²) < 4.78 is 0. The number of rotatable bonds is 0. The second-order valence-corrected chi connectivity index (χ2v) is 2.00. The van der Waals surface area contributed by atoms with E-state index in [2.05, 4.69) is 0 Å². The number of benzene rings is 1. The van der Waals surface area contributed by atoms with E-state index in [1.165, 1.54) is 0 Å². The number of hydrogen-bond acceptors (Lipinski definition) is 3. The molecular weight excluding hydrogens is 166 g/mol. The molecule has 0 aliphatic carbocycles. The van der Waals surface area contributed by atoms with Crippen LogP contribution in [-0.4, -0.2) is 22.8 Å². The Hall–Kier alpha value is -0.705. The van der Waals surface area contributed by atoms with Gasteiger partial charge in [-0.1, -0.05) is 23.7 Å². The monoisotopic (exact) mass is 174 g/mol. The van der Waals surface area contributed by atoms with Gasteiger partial charge in [-0.05, 0) is 12.1 Å². The highest BCUT2D eigenvalue weighted by Crippen LogP contribution is 2.20. The van der Waals surface area contributed by atoms with Gasteiger partial charge in [0.2, 0.25) is 0 Å². The zero-order valence-corrected chi connectivity index (χ0v) is 6.49. The number of halogens is 1. The smallest absolute Gasteiger partial charge is 0.432 e. The minimum Gasteiger partial charge on any atom is -0.506 e. The summed E-state index contributed by atoms with van der Waals surface area (Å²) in [5.74, 6) is 0.133. The second kappa shape index (κ2) is 6.03. The van der Waals surface area contributed by atoms with Crippen molar-refractivity contribution in [2.45, 2.75) is 0 Å². The van der Waals surface area contributed by atoms with Crippen LogP contribution >= 0.6 is 11.6 Å². The Balaban J connectivity index is 0.000000292. The summed E-state index contributed by atoms with van der Waals surface area (Å²) in [6.45, 7) is 0. The van der Waals surface area contributed by atoms with Gasteiger partial charge >= 0.3 is 7.69 Å². The Kier molecular flexibility index (Phi) is 5.65. The van der Waals surface area contributed by atoms with Crippen molar-refractivity contribution in [1.82, 2.24) is 0 Å². The fourth-order valence-electron chi connectivity index (χ4n) is 0.452. The van der Waals surface area contributed by atoms with Gasteiger partial charge in [-0.2, -0.15) is 0 Å². The molecule has 5 heteroatoms. The quantitative estimate of drug-likeness (QED) is 0.495. The van der Waals surface area contributed by atoms with E-state index >= 15 is 0 Å². The van der Waals surface area contributed by atoms with E-state index in [0.717, 1.165) is 0 Å². The van der Waals surface area contributed by atoms with Gasteiger partial charge < -0.3 is 15.2 Å². The van der Waals surface area contributed by atoms with Crippen molar-refractivity contribution in [2.24, 2.45) is 0 Å². The maximum absolute atomic E-state index is 8.79. The normalized spacial score (nSPS) is 7.91. The van der Waals surface area contributed by atoms with Gasteiger partial charge in [-0.15, -0.1) is 0 Å². The summed E-state index contributed by atoms with van der Waals surface area (Å²) in [7, 11) is -0.750. The summed E-state index contributed by atoms with van der Waals surface area (Å²) in [6.07, 6.45) is 0. The summed E-state index contributed by atoms with van der Waals surface area (Å²) >= 11 is 5.46. The summed E-state index contributed by atoms with van der Waals surface area (Å²) in [6, 6.07) is 6.67. The maximum atomic E-state index is 8.79. The Morgan fingerprint density at radius 1 is 1.18 bits per heavy atom. The van der Waals surface area contributed by atoms with E-state index < -0.39 is 7.69 Å². The number of hydrogen-bond donors (Lipinski definition) is 3. The average molecular weight is 174 g/mol. The summed E-state index contributed by atoms with van der Waals surface area (Å²) in [4.78, 5) is 0. The molecule has 3 N–H and O–H groups in total. The van der Waals surface area contributed by atoms with Crippen LogP contribution in [0.4, 0.5) is 0 Å². The molecule has 0 radical (unpaired) electrons. The standard InChI is InChI=1S/C6H5ClO.BH3O2/c7-5-3-1-2-4-6(5)8;2-1-3/h1-4,8H;1-3H. The first kappa shape index (κ1) is 10.3. The van der Waals surface area contributed by atoms with Gasteiger partial charge in [-0.3, -0.25) is 0 Å². The van der Waals surface area contributed by atoms with Gasteiger partial charge in [0.1, 0.15) is 5.75 Å². The van der Waals surface area contributed by atoms with Gasteiger partial charge in [0.05, 0.1) is 5.02 Å². The van der Waals surface area contributed by atoms with Crippen molar-refractivity contribution < 1.29 is 15.2 Å². The molecule has 0 unspecified atom stereocenters. The van der Waals surface area contributed by atoms with E-state index in [4.69, 9.17) is 26.8 Å². The molecule has 11 heavy (non-hydrogen) atoms. The molecule has 0 fully saturated rings. The largest absolute Gasteiger partial charge is 0.506 e. The SMILES string of the molecule is OBO.Oc1ccccc1Cl. The van der Waals surface area contributed by atoms with E-state index in [1.807, 2.05) is 0 Å². The molecule has 0 saturated carbocycles. The molecule has 0 aliphatic heterocycles. The van der Waals surface area contributed by atoms with Crippen LogP contribution in [0.15, 0.2) is 24.3 Å². The lowest BCUT2D eigenvalue weighted by Crippen LogP contribution is -1.75. The van der Waals surface area contributed by atoms with Gasteiger partial charge in [0.25, 0.3) is 0 Å². The van der Waals surface area contributed by atoms with Crippen molar-refractivity contribution in [3.05, 3.63) is 29.3 Å². The minimum atomic E-state index is -0.750.